The van der Waals surface area contributed by atoms with Crippen molar-refractivity contribution >= 4 is 11.8 Å². The van der Waals surface area contributed by atoms with Crippen LogP contribution in [-0.4, -0.2) is 41.6 Å². The van der Waals surface area contributed by atoms with Gasteiger partial charge in [-0.1, -0.05) is 13.3 Å². The van der Waals surface area contributed by atoms with Gasteiger partial charge in [-0.25, -0.2) is 4.39 Å². The van der Waals surface area contributed by atoms with E-state index in [2.05, 4.69) is 5.32 Å². The van der Waals surface area contributed by atoms with Crippen molar-refractivity contribution in [3.63, 3.8) is 0 Å². The minimum absolute atomic E-state index is 0.181. The fourth-order valence-electron chi connectivity index (χ4n) is 3.77. The fraction of sp³-hybridized carbons (Fsp3) is 0.579. The van der Waals surface area contributed by atoms with Crippen LogP contribution in [0.3, 0.4) is 0 Å². The Hall–Kier alpha value is -1.95. The topological polar surface area (TPSA) is 58.6 Å². The summed E-state index contributed by atoms with van der Waals surface area (Å²) in [6.07, 6.45) is 5.34. The predicted octanol–water partition coefficient (Wildman–Crippen LogP) is 2.85. The summed E-state index contributed by atoms with van der Waals surface area (Å²) < 4.78 is 19.3. The van der Waals surface area contributed by atoms with E-state index < -0.39 is 11.8 Å². The Bertz CT molecular complexity index is 626. The van der Waals surface area contributed by atoms with Crippen LogP contribution >= 0.6 is 0 Å². The second-order valence-corrected chi connectivity index (χ2v) is 6.81. The molecule has 25 heavy (non-hydrogen) atoms. The highest BCUT2D eigenvalue weighted by Gasteiger charge is 2.52. The van der Waals surface area contributed by atoms with E-state index in [0.29, 0.717) is 12.1 Å². The summed E-state index contributed by atoms with van der Waals surface area (Å²) in [6, 6.07) is 4.83. The van der Waals surface area contributed by atoms with Crippen LogP contribution in [0.4, 0.5) is 4.39 Å². The highest BCUT2D eigenvalue weighted by Crippen LogP contribution is 2.41. The zero-order valence-corrected chi connectivity index (χ0v) is 14.6. The summed E-state index contributed by atoms with van der Waals surface area (Å²) in [4.78, 5) is 27.4. The minimum atomic E-state index is -0.710. The van der Waals surface area contributed by atoms with Crippen LogP contribution in [0.1, 0.15) is 55.8 Å². The quantitative estimate of drug-likeness (QED) is 0.910. The number of hydrogen-bond acceptors (Lipinski definition) is 3. The van der Waals surface area contributed by atoms with Crippen LogP contribution in [0.25, 0.3) is 0 Å². The lowest BCUT2D eigenvalue weighted by molar-refractivity contribution is -0.127. The first-order valence-corrected chi connectivity index (χ1v) is 9.08. The summed E-state index contributed by atoms with van der Waals surface area (Å²) >= 11 is 0. The Morgan fingerprint density at radius 1 is 1.24 bits per heavy atom. The third-order valence-electron chi connectivity index (χ3n) is 5.06. The number of halogens is 1. The molecule has 1 heterocycles. The van der Waals surface area contributed by atoms with E-state index in [4.69, 9.17) is 4.74 Å². The van der Waals surface area contributed by atoms with Crippen LogP contribution in [0.2, 0.25) is 0 Å². The fourth-order valence-corrected chi connectivity index (χ4v) is 3.77. The van der Waals surface area contributed by atoms with E-state index in [1.54, 1.807) is 4.90 Å². The van der Waals surface area contributed by atoms with E-state index in [0.717, 1.165) is 38.5 Å². The molecule has 0 unspecified atom stereocenters. The monoisotopic (exact) mass is 348 g/mol. The third kappa shape index (κ3) is 3.54. The van der Waals surface area contributed by atoms with E-state index in [-0.39, 0.29) is 24.2 Å². The van der Waals surface area contributed by atoms with Gasteiger partial charge in [0.1, 0.15) is 17.6 Å². The molecule has 1 aromatic carbocycles. The van der Waals surface area contributed by atoms with E-state index in [1.165, 1.54) is 24.3 Å². The van der Waals surface area contributed by atoms with Crippen LogP contribution in [0.15, 0.2) is 24.3 Å². The van der Waals surface area contributed by atoms with E-state index in [1.807, 2.05) is 6.92 Å². The third-order valence-corrected chi connectivity index (χ3v) is 5.06. The lowest BCUT2D eigenvalue weighted by Gasteiger charge is -2.41. The highest BCUT2D eigenvalue weighted by atomic mass is 19.1. The molecule has 1 aliphatic heterocycles. The highest BCUT2D eigenvalue weighted by molar-refractivity contribution is 5.98. The van der Waals surface area contributed by atoms with Gasteiger partial charge in [0.25, 0.3) is 5.91 Å². The molecule has 0 aromatic heterocycles. The van der Waals surface area contributed by atoms with Crippen LogP contribution in [0.5, 0.6) is 0 Å². The number of nitrogens with one attached hydrogen (secondary N) is 1. The van der Waals surface area contributed by atoms with Crippen molar-refractivity contribution in [2.45, 2.75) is 57.2 Å². The van der Waals surface area contributed by atoms with Crippen molar-refractivity contribution in [1.29, 1.82) is 0 Å². The number of amides is 2. The number of rotatable bonds is 4. The molecule has 1 N–H and O–H groups in total. The number of carbonyl (C=O) groups excluding carboxylic acids is 2. The molecule has 5 nitrogen and oxygen atoms in total. The zero-order chi connectivity index (χ0) is 17.9. The normalized spacial score (nSPS) is 22.2. The Kier molecular flexibility index (Phi) is 5.37. The predicted molar refractivity (Wildman–Crippen MR) is 91.4 cm³/mol. The van der Waals surface area contributed by atoms with Crippen molar-refractivity contribution in [2.75, 3.05) is 13.2 Å². The first-order valence-electron chi connectivity index (χ1n) is 9.08. The molecule has 1 aromatic rings. The van der Waals surface area contributed by atoms with Crippen LogP contribution in [0, 0.1) is 5.82 Å². The maximum Gasteiger partial charge on any atom is 0.256 e. The molecule has 1 saturated carbocycles. The summed E-state index contributed by atoms with van der Waals surface area (Å²) in [5.41, 5.74) is -0.331. The van der Waals surface area contributed by atoms with Gasteiger partial charge < -0.3 is 10.1 Å². The number of benzene rings is 1. The second-order valence-electron chi connectivity index (χ2n) is 6.81. The first kappa shape index (κ1) is 17.9. The van der Waals surface area contributed by atoms with E-state index >= 15 is 0 Å². The molecule has 1 atom stereocenters. The number of carbonyl (C=O) groups is 2. The molecule has 6 heteroatoms. The summed E-state index contributed by atoms with van der Waals surface area (Å²) in [5, 5.41) is 2.87. The Morgan fingerprint density at radius 3 is 2.56 bits per heavy atom. The van der Waals surface area contributed by atoms with Gasteiger partial charge in [-0.3, -0.25) is 14.5 Å². The average Bonchev–Trinajstić information content (AvgIpc) is 2.99. The zero-order valence-electron chi connectivity index (χ0n) is 14.6. The molecule has 1 saturated heterocycles. The molecule has 2 amide bonds. The first-order chi connectivity index (χ1) is 12.1. The van der Waals surface area contributed by atoms with Crippen molar-refractivity contribution in [1.82, 2.24) is 10.2 Å². The van der Waals surface area contributed by atoms with Crippen LogP contribution in [-0.2, 0) is 9.53 Å². The van der Waals surface area contributed by atoms with Crippen molar-refractivity contribution in [3.8, 4) is 0 Å². The van der Waals surface area contributed by atoms with Gasteiger partial charge in [0.05, 0.1) is 6.61 Å². The SMILES string of the molecule is CCCNC(=O)[C@H]1COC2(CCCCC2)N1C(=O)c1ccc(F)cc1. The molecule has 1 aliphatic carbocycles. The Morgan fingerprint density at radius 2 is 1.92 bits per heavy atom. The molecule has 2 fully saturated rings. The molecule has 136 valence electrons. The van der Waals surface area contributed by atoms with E-state index in [9.17, 15) is 14.0 Å². The van der Waals surface area contributed by atoms with Gasteiger partial charge in [-0.2, -0.15) is 0 Å². The molecular formula is C19H25FN2O3. The molecule has 2 aliphatic rings. The molecule has 0 radical (unpaired) electrons. The smallest absolute Gasteiger partial charge is 0.256 e. The van der Waals surface area contributed by atoms with Gasteiger partial charge >= 0.3 is 0 Å². The minimum Gasteiger partial charge on any atom is -0.354 e. The van der Waals surface area contributed by atoms with Crippen molar-refractivity contribution in [3.05, 3.63) is 35.6 Å². The lowest BCUT2D eigenvalue weighted by Crippen LogP contribution is -2.56. The van der Waals surface area contributed by atoms with Gasteiger partial charge in [0, 0.05) is 12.1 Å². The summed E-state index contributed by atoms with van der Waals surface area (Å²) in [5.74, 6) is -0.838. The molecule has 3 rings (SSSR count). The molecular weight excluding hydrogens is 323 g/mol. The van der Waals surface area contributed by atoms with Gasteiger partial charge in [-0.15, -0.1) is 0 Å². The second kappa shape index (κ2) is 7.52. The maximum atomic E-state index is 13.2. The summed E-state index contributed by atoms with van der Waals surface area (Å²) in [6.45, 7) is 2.76. The lowest BCUT2D eigenvalue weighted by atomic mass is 9.89. The average molecular weight is 348 g/mol. The van der Waals surface area contributed by atoms with Crippen molar-refractivity contribution < 1.29 is 18.7 Å². The Balaban J connectivity index is 1.90. The summed E-state index contributed by atoms with van der Waals surface area (Å²) in [7, 11) is 0. The molecule has 1 spiro atoms. The standard InChI is InChI=1S/C19H25FN2O3/c1-2-12-21-17(23)16-13-25-19(10-4-3-5-11-19)22(16)18(24)14-6-8-15(20)9-7-14/h6-9,16H,2-5,10-13H2,1H3,(H,21,23)/t16-/m1/s1. The van der Waals surface area contributed by atoms with Gasteiger partial charge in [0.15, 0.2) is 0 Å². The van der Waals surface area contributed by atoms with Gasteiger partial charge in [0.2, 0.25) is 5.91 Å². The van der Waals surface area contributed by atoms with Crippen LogP contribution < -0.4 is 5.32 Å². The largest absolute Gasteiger partial charge is 0.354 e. The number of nitrogens with zero attached hydrogens (tertiary/aromatic N) is 1. The number of hydrogen-bond donors (Lipinski definition) is 1. The van der Waals surface area contributed by atoms with Gasteiger partial charge in [-0.05, 0) is 56.4 Å². The molecule has 0 bridgehead atoms. The maximum absolute atomic E-state index is 13.2. The Labute approximate surface area is 147 Å². The van der Waals surface area contributed by atoms with Crippen molar-refractivity contribution in [2.24, 2.45) is 0 Å². The number of ether oxygens (including phenoxy) is 1.